The van der Waals surface area contributed by atoms with Gasteiger partial charge in [0.1, 0.15) is 6.61 Å². The molecule has 0 aromatic heterocycles. The second kappa shape index (κ2) is 35.4. The zero-order valence-corrected chi connectivity index (χ0v) is 31.8. The summed E-state index contributed by atoms with van der Waals surface area (Å²) in [4.78, 5) is 42.7. The standard InChI is InChI=1S/C39H73O8P/c1-3-5-7-9-11-13-15-17-19-21-23-25-27-29-31-33-38(40)45-35-37(36-46-48(42,43)44)47-39(41)34-32-30-28-26-24-22-20-18-16-14-12-10-8-6-4-2/h14,16-17,19,37H,3-13,15,18,20-36H2,1-2H3,(H2,42,43,44)/b16-14+,19-17+/t37-/m1/s1. The molecule has 0 saturated carbocycles. The molecule has 0 aliphatic carbocycles. The molecule has 0 unspecified atom stereocenters. The fourth-order valence-corrected chi connectivity index (χ4v) is 5.84. The van der Waals surface area contributed by atoms with Crippen molar-refractivity contribution in [3.63, 3.8) is 0 Å². The van der Waals surface area contributed by atoms with E-state index in [1.165, 1.54) is 96.3 Å². The molecule has 0 amide bonds. The van der Waals surface area contributed by atoms with Crippen LogP contribution in [0, 0.1) is 0 Å². The van der Waals surface area contributed by atoms with Crippen molar-refractivity contribution in [3.05, 3.63) is 24.3 Å². The number of phosphoric acid groups is 1. The second-order valence-corrected chi connectivity index (χ2v) is 14.5. The van der Waals surface area contributed by atoms with Gasteiger partial charge in [-0.3, -0.25) is 14.1 Å². The van der Waals surface area contributed by atoms with Crippen LogP contribution in [-0.4, -0.2) is 41.0 Å². The van der Waals surface area contributed by atoms with Gasteiger partial charge in [-0.25, -0.2) is 4.57 Å². The van der Waals surface area contributed by atoms with Crippen LogP contribution >= 0.6 is 7.82 Å². The van der Waals surface area contributed by atoms with E-state index in [-0.39, 0.29) is 19.4 Å². The highest BCUT2D eigenvalue weighted by Crippen LogP contribution is 2.36. The number of phosphoric ester groups is 1. The minimum Gasteiger partial charge on any atom is -0.462 e. The monoisotopic (exact) mass is 701 g/mol. The van der Waals surface area contributed by atoms with Crippen LogP contribution in [0.2, 0.25) is 0 Å². The average Bonchev–Trinajstić information content (AvgIpc) is 3.05. The largest absolute Gasteiger partial charge is 0.469 e. The third-order valence-corrected chi connectivity index (χ3v) is 8.93. The number of rotatable bonds is 36. The van der Waals surface area contributed by atoms with E-state index in [2.05, 4.69) is 42.7 Å². The topological polar surface area (TPSA) is 119 Å². The highest BCUT2D eigenvalue weighted by molar-refractivity contribution is 7.46. The lowest BCUT2D eigenvalue weighted by molar-refractivity contribution is -0.161. The quantitative estimate of drug-likeness (QED) is 0.0287. The van der Waals surface area contributed by atoms with Crippen LogP contribution in [0.15, 0.2) is 24.3 Å². The average molecular weight is 701 g/mol. The molecule has 8 nitrogen and oxygen atoms in total. The van der Waals surface area contributed by atoms with Crippen molar-refractivity contribution in [2.75, 3.05) is 13.2 Å². The predicted molar refractivity (Wildman–Crippen MR) is 198 cm³/mol. The highest BCUT2D eigenvalue weighted by atomic mass is 31.2. The fourth-order valence-electron chi connectivity index (χ4n) is 5.48. The molecule has 0 fully saturated rings. The summed E-state index contributed by atoms with van der Waals surface area (Å²) in [6, 6.07) is 0. The van der Waals surface area contributed by atoms with Gasteiger partial charge >= 0.3 is 19.8 Å². The Kier molecular flexibility index (Phi) is 34.3. The Morgan fingerprint density at radius 2 is 0.875 bits per heavy atom. The number of hydrogen-bond acceptors (Lipinski definition) is 6. The summed E-state index contributed by atoms with van der Waals surface area (Å²) in [6.07, 6.45) is 38.9. The summed E-state index contributed by atoms with van der Waals surface area (Å²) in [5.74, 6) is -0.896. The lowest BCUT2D eigenvalue weighted by Crippen LogP contribution is -2.29. The number of ether oxygens (including phenoxy) is 2. The zero-order chi connectivity index (χ0) is 35.4. The molecular formula is C39H73O8P. The first-order valence-corrected chi connectivity index (χ1v) is 21.2. The first kappa shape index (κ1) is 46.5. The van der Waals surface area contributed by atoms with Crippen LogP contribution in [0.1, 0.15) is 194 Å². The van der Waals surface area contributed by atoms with E-state index in [4.69, 9.17) is 19.3 Å². The number of carbonyl (C=O) groups excluding carboxylic acids is 2. The normalized spacial score (nSPS) is 12.7. The van der Waals surface area contributed by atoms with Gasteiger partial charge in [0.25, 0.3) is 0 Å². The molecule has 0 aromatic rings. The van der Waals surface area contributed by atoms with Crippen LogP contribution in [0.3, 0.4) is 0 Å². The Labute approximate surface area is 294 Å². The third kappa shape index (κ3) is 37.4. The number of hydrogen-bond donors (Lipinski definition) is 2. The Balaban J connectivity index is 3.96. The first-order chi connectivity index (χ1) is 23.3. The zero-order valence-electron chi connectivity index (χ0n) is 30.9. The third-order valence-electron chi connectivity index (χ3n) is 8.44. The van der Waals surface area contributed by atoms with Crippen LogP contribution < -0.4 is 0 Å². The SMILES string of the molecule is CCCCCC/C=C/CCCCCCCCCC(=O)O[C@H](COC(=O)CCCCCCC/C=C/CCCCCCCC)COP(=O)(O)O. The molecule has 0 rings (SSSR count). The van der Waals surface area contributed by atoms with Crippen LogP contribution in [0.5, 0.6) is 0 Å². The molecule has 282 valence electrons. The maximum atomic E-state index is 12.4. The van der Waals surface area contributed by atoms with E-state index >= 15 is 0 Å². The van der Waals surface area contributed by atoms with Crippen molar-refractivity contribution in [3.8, 4) is 0 Å². The predicted octanol–water partition coefficient (Wildman–Crippen LogP) is 11.6. The van der Waals surface area contributed by atoms with Crippen molar-refractivity contribution in [1.82, 2.24) is 0 Å². The lowest BCUT2D eigenvalue weighted by Gasteiger charge is -2.18. The van der Waals surface area contributed by atoms with Gasteiger partial charge in [0.2, 0.25) is 0 Å². The van der Waals surface area contributed by atoms with Gasteiger partial charge in [-0.15, -0.1) is 0 Å². The molecule has 9 heteroatoms. The molecule has 1 atom stereocenters. The molecule has 0 heterocycles. The summed E-state index contributed by atoms with van der Waals surface area (Å²) in [5, 5.41) is 0. The molecule has 0 radical (unpaired) electrons. The van der Waals surface area contributed by atoms with Gasteiger partial charge in [-0.05, 0) is 64.2 Å². The van der Waals surface area contributed by atoms with Gasteiger partial charge in [0.15, 0.2) is 6.10 Å². The summed E-state index contributed by atoms with van der Waals surface area (Å²) in [5.41, 5.74) is 0. The van der Waals surface area contributed by atoms with Crippen molar-refractivity contribution in [2.45, 2.75) is 200 Å². The number of carbonyl (C=O) groups is 2. The molecular weight excluding hydrogens is 627 g/mol. The van der Waals surface area contributed by atoms with E-state index in [1.54, 1.807) is 0 Å². The summed E-state index contributed by atoms with van der Waals surface area (Å²) in [7, 11) is -4.75. The molecule has 48 heavy (non-hydrogen) atoms. The van der Waals surface area contributed by atoms with Crippen LogP contribution in [-0.2, 0) is 28.2 Å². The van der Waals surface area contributed by atoms with Crippen molar-refractivity contribution in [1.29, 1.82) is 0 Å². The molecule has 0 saturated heterocycles. The second-order valence-electron chi connectivity index (χ2n) is 13.2. The Morgan fingerprint density at radius 1 is 0.521 bits per heavy atom. The number of allylic oxidation sites excluding steroid dienone is 4. The van der Waals surface area contributed by atoms with E-state index in [0.717, 1.165) is 57.8 Å². The summed E-state index contributed by atoms with van der Waals surface area (Å²) < 4.78 is 26.3. The number of unbranched alkanes of at least 4 members (excludes halogenated alkanes) is 22. The van der Waals surface area contributed by atoms with Crippen LogP contribution in [0.4, 0.5) is 0 Å². The van der Waals surface area contributed by atoms with Gasteiger partial charge < -0.3 is 19.3 Å². The molecule has 0 spiro atoms. The van der Waals surface area contributed by atoms with E-state index < -0.39 is 32.5 Å². The molecule has 0 aliphatic rings. The Hall–Kier alpha value is -1.47. The van der Waals surface area contributed by atoms with Crippen molar-refractivity contribution >= 4 is 19.8 Å². The smallest absolute Gasteiger partial charge is 0.462 e. The summed E-state index contributed by atoms with van der Waals surface area (Å²) in [6.45, 7) is 3.66. The number of esters is 2. The Bertz CT molecular complexity index is 838. The summed E-state index contributed by atoms with van der Waals surface area (Å²) >= 11 is 0. The molecule has 0 bridgehead atoms. The highest BCUT2D eigenvalue weighted by Gasteiger charge is 2.22. The Morgan fingerprint density at radius 3 is 1.29 bits per heavy atom. The van der Waals surface area contributed by atoms with Crippen molar-refractivity contribution < 1.29 is 37.9 Å². The maximum Gasteiger partial charge on any atom is 0.469 e. The van der Waals surface area contributed by atoms with Gasteiger partial charge in [0, 0.05) is 12.8 Å². The van der Waals surface area contributed by atoms with E-state index in [9.17, 15) is 14.2 Å². The molecule has 2 N–H and O–H groups in total. The lowest BCUT2D eigenvalue weighted by atomic mass is 10.1. The van der Waals surface area contributed by atoms with Gasteiger partial charge in [-0.1, -0.05) is 141 Å². The van der Waals surface area contributed by atoms with Crippen molar-refractivity contribution in [2.24, 2.45) is 0 Å². The molecule has 0 aliphatic heterocycles. The van der Waals surface area contributed by atoms with E-state index in [0.29, 0.717) is 12.8 Å². The van der Waals surface area contributed by atoms with Gasteiger partial charge in [-0.2, -0.15) is 0 Å². The molecule has 0 aromatic carbocycles. The van der Waals surface area contributed by atoms with Gasteiger partial charge in [0.05, 0.1) is 6.61 Å². The fraction of sp³-hybridized carbons (Fsp3) is 0.846. The maximum absolute atomic E-state index is 12.4. The first-order valence-electron chi connectivity index (χ1n) is 19.6. The van der Waals surface area contributed by atoms with Crippen LogP contribution in [0.25, 0.3) is 0 Å². The van der Waals surface area contributed by atoms with E-state index in [1.807, 2.05) is 0 Å². The minimum atomic E-state index is -4.75. The minimum absolute atomic E-state index is 0.207.